The van der Waals surface area contributed by atoms with E-state index in [1.807, 2.05) is 0 Å². The number of nitrogens with one attached hydrogen (secondary N) is 2. The topological polar surface area (TPSA) is 48.9 Å². The van der Waals surface area contributed by atoms with Gasteiger partial charge in [0, 0.05) is 52.5 Å². The van der Waals surface area contributed by atoms with E-state index in [1.54, 1.807) is 7.11 Å². The number of guanidine groups is 1. The minimum Gasteiger partial charge on any atom is -0.385 e. The predicted molar refractivity (Wildman–Crippen MR) is 110 cm³/mol. The third kappa shape index (κ3) is 7.75. The summed E-state index contributed by atoms with van der Waals surface area (Å²) in [6.45, 7) is 10.3. The molecule has 0 aromatic heterocycles. The quantitative estimate of drug-likeness (QED) is 0.404. The molecule has 1 saturated heterocycles. The second-order valence-electron chi connectivity index (χ2n) is 7.10. The van der Waals surface area contributed by atoms with Crippen LogP contribution in [-0.2, 0) is 11.2 Å². The number of aliphatic imine (C=N–C) groups is 1. The SMILES string of the molecule is CCNC(=NCCc1ccc(C)cc1)NC1CCN(CCCOC)CC1. The number of rotatable bonds is 9. The van der Waals surface area contributed by atoms with E-state index in [9.17, 15) is 0 Å². The first-order valence-electron chi connectivity index (χ1n) is 10.0. The highest BCUT2D eigenvalue weighted by Crippen LogP contribution is 2.10. The summed E-state index contributed by atoms with van der Waals surface area (Å²) < 4.78 is 5.15. The summed E-state index contributed by atoms with van der Waals surface area (Å²) in [4.78, 5) is 7.31. The molecule has 1 heterocycles. The fourth-order valence-corrected chi connectivity index (χ4v) is 3.30. The van der Waals surface area contributed by atoms with E-state index in [-0.39, 0.29) is 0 Å². The standard InChI is InChI=1S/C21H36N4O/c1-4-22-21(23-13-10-19-8-6-18(2)7-9-19)24-20-11-15-25(16-12-20)14-5-17-26-3/h6-9,20H,4-5,10-17H2,1-3H3,(H2,22,23,24). The first-order valence-corrected chi connectivity index (χ1v) is 10.0. The molecule has 5 nitrogen and oxygen atoms in total. The van der Waals surface area contributed by atoms with Gasteiger partial charge in [-0.15, -0.1) is 0 Å². The lowest BCUT2D eigenvalue weighted by atomic mass is 10.1. The van der Waals surface area contributed by atoms with Crippen molar-refractivity contribution in [2.45, 2.75) is 45.6 Å². The molecule has 2 N–H and O–H groups in total. The Bertz CT molecular complexity index is 521. The molecule has 0 saturated carbocycles. The lowest BCUT2D eigenvalue weighted by molar-refractivity contribution is 0.155. The molecule has 2 rings (SSSR count). The summed E-state index contributed by atoms with van der Waals surface area (Å²) >= 11 is 0. The van der Waals surface area contributed by atoms with E-state index in [0.717, 1.165) is 58.1 Å². The number of hydrogen-bond donors (Lipinski definition) is 2. The van der Waals surface area contributed by atoms with E-state index >= 15 is 0 Å². The zero-order chi connectivity index (χ0) is 18.6. The predicted octanol–water partition coefficient (Wildman–Crippen LogP) is 2.59. The molecule has 0 spiro atoms. The molecule has 1 aliphatic rings. The third-order valence-corrected chi connectivity index (χ3v) is 4.89. The maximum absolute atomic E-state index is 5.15. The minimum atomic E-state index is 0.519. The maximum Gasteiger partial charge on any atom is 0.191 e. The van der Waals surface area contributed by atoms with Gasteiger partial charge in [-0.05, 0) is 45.1 Å². The van der Waals surface area contributed by atoms with Gasteiger partial charge in [0.2, 0.25) is 0 Å². The van der Waals surface area contributed by atoms with Gasteiger partial charge in [0.1, 0.15) is 0 Å². The highest BCUT2D eigenvalue weighted by atomic mass is 16.5. The Hall–Kier alpha value is -1.59. The second kappa shape index (κ2) is 11.9. The summed E-state index contributed by atoms with van der Waals surface area (Å²) in [6, 6.07) is 9.26. The molecule has 1 aromatic rings. The van der Waals surface area contributed by atoms with E-state index in [1.165, 1.54) is 24.0 Å². The molecule has 0 radical (unpaired) electrons. The summed E-state index contributed by atoms with van der Waals surface area (Å²) in [7, 11) is 1.77. The van der Waals surface area contributed by atoms with Crippen LogP contribution in [0.2, 0.25) is 0 Å². The Morgan fingerprint density at radius 2 is 1.96 bits per heavy atom. The molecule has 0 bridgehead atoms. The van der Waals surface area contributed by atoms with Crippen LogP contribution in [0.5, 0.6) is 0 Å². The van der Waals surface area contributed by atoms with Crippen molar-refractivity contribution in [2.75, 3.05) is 46.4 Å². The molecule has 1 fully saturated rings. The monoisotopic (exact) mass is 360 g/mol. The average molecular weight is 361 g/mol. The van der Waals surface area contributed by atoms with Gasteiger partial charge in [-0.2, -0.15) is 0 Å². The smallest absolute Gasteiger partial charge is 0.191 e. The zero-order valence-electron chi connectivity index (χ0n) is 16.8. The molecule has 146 valence electrons. The number of piperidine rings is 1. The second-order valence-corrected chi connectivity index (χ2v) is 7.10. The Kier molecular flexibility index (Phi) is 9.50. The fourth-order valence-electron chi connectivity index (χ4n) is 3.30. The lowest BCUT2D eigenvalue weighted by Gasteiger charge is -2.33. The molecule has 26 heavy (non-hydrogen) atoms. The minimum absolute atomic E-state index is 0.519. The van der Waals surface area contributed by atoms with Gasteiger partial charge in [-0.1, -0.05) is 29.8 Å². The van der Waals surface area contributed by atoms with Crippen LogP contribution in [0.25, 0.3) is 0 Å². The summed E-state index contributed by atoms with van der Waals surface area (Å²) in [6.07, 6.45) is 4.46. The van der Waals surface area contributed by atoms with Crippen molar-refractivity contribution in [1.82, 2.24) is 15.5 Å². The number of ether oxygens (including phenoxy) is 1. The van der Waals surface area contributed by atoms with Crippen LogP contribution < -0.4 is 10.6 Å². The normalized spacial score (nSPS) is 16.7. The largest absolute Gasteiger partial charge is 0.385 e. The van der Waals surface area contributed by atoms with Crippen LogP contribution in [0.15, 0.2) is 29.3 Å². The number of aryl methyl sites for hydroxylation is 1. The summed E-state index contributed by atoms with van der Waals surface area (Å²) in [5.74, 6) is 0.956. The average Bonchev–Trinajstić information content (AvgIpc) is 2.65. The fraction of sp³-hybridized carbons (Fsp3) is 0.667. The zero-order valence-corrected chi connectivity index (χ0v) is 16.8. The van der Waals surface area contributed by atoms with Gasteiger partial charge >= 0.3 is 0 Å². The maximum atomic E-state index is 5.15. The molecule has 0 atom stereocenters. The van der Waals surface area contributed by atoms with Gasteiger partial charge in [-0.3, -0.25) is 4.99 Å². The van der Waals surface area contributed by atoms with Crippen LogP contribution in [-0.4, -0.2) is 63.3 Å². The lowest BCUT2D eigenvalue weighted by Crippen LogP contribution is -2.49. The Morgan fingerprint density at radius 3 is 2.62 bits per heavy atom. The highest BCUT2D eigenvalue weighted by molar-refractivity contribution is 5.80. The van der Waals surface area contributed by atoms with Gasteiger partial charge in [0.05, 0.1) is 0 Å². The number of likely N-dealkylation sites (tertiary alicyclic amines) is 1. The molecular weight excluding hydrogens is 324 g/mol. The Balaban J connectivity index is 1.74. The molecule has 0 unspecified atom stereocenters. The van der Waals surface area contributed by atoms with Crippen molar-refractivity contribution in [3.63, 3.8) is 0 Å². The van der Waals surface area contributed by atoms with Crippen LogP contribution in [0, 0.1) is 6.92 Å². The number of benzene rings is 1. The van der Waals surface area contributed by atoms with Crippen molar-refractivity contribution >= 4 is 5.96 Å². The molecule has 1 aliphatic heterocycles. The van der Waals surface area contributed by atoms with Crippen molar-refractivity contribution in [3.8, 4) is 0 Å². The van der Waals surface area contributed by atoms with Crippen LogP contribution in [0.3, 0.4) is 0 Å². The van der Waals surface area contributed by atoms with Crippen molar-refractivity contribution < 1.29 is 4.74 Å². The van der Waals surface area contributed by atoms with E-state index < -0.39 is 0 Å². The van der Waals surface area contributed by atoms with Crippen molar-refractivity contribution in [2.24, 2.45) is 4.99 Å². The van der Waals surface area contributed by atoms with Gasteiger partial charge < -0.3 is 20.3 Å². The van der Waals surface area contributed by atoms with Gasteiger partial charge in [0.25, 0.3) is 0 Å². The van der Waals surface area contributed by atoms with Crippen LogP contribution in [0.4, 0.5) is 0 Å². The first kappa shape index (κ1) is 20.7. The van der Waals surface area contributed by atoms with E-state index in [0.29, 0.717) is 6.04 Å². The molecule has 0 aliphatic carbocycles. The summed E-state index contributed by atoms with van der Waals surface area (Å²) in [5, 5.41) is 7.01. The van der Waals surface area contributed by atoms with Crippen molar-refractivity contribution in [3.05, 3.63) is 35.4 Å². The van der Waals surface area contributed by atoms with E-state index in [2.05, 4.69) is 53.6 Å². The molecule has 5 heteroatoms. The third-order valence-electron chi connectivity index (χ3n) is 4.89. The first-order chi connectivity index (χ1) is 12.7. The molecule has 1 aromatic carbocycles. The Labute approximate surface area is 159 Å². The number of nitrogens with zero attached hydrogens (tertiary/aromatic N) is 2. The van der Waals surface area contributed by atoms with E-state index in [4.69, 9.17) is 9.73 Å². The van der Waals surface area contributed by atoms with Crippen LogP contribution >= 0.6 is 0 Å². The Morgan fingerprint density at radius 1 is 1.23 bits per heavy atom. The van der Waals surface area contributed by atoms with Gasteiger partial charge in [0.15, 0.2) is 5.96 Å². The summed E-state index contributed by atoms with van der Waals surface area (Å²) in [5.41, 5.74) is 2.65. The molecule has 0 amide bonds. The number of methoxy groups -OCH3 is 1. The van der Waals surface area contributed by atoms with Gasteiger partial charge in [-0.25, -0.2) is 0 Å². The number of hydrogen-bond acceptors (Lipinski definition) is 3. The highest BCUT2D eigenvalue weighted by Gasteiger charge is 2.19. The van der Waals surface area contributed by atoms with Crippen molar-refractivity contribution in [1.29, 1.82) is 0 Å². The van der Waals surface area contributed by atoms with Crippen LogP contribution in [0.1, 0.15) is 37.3 Å². The molecular formula is C21H36N4O.